The Morgan fingerprint density at radius 2 is 1.38 bits per heavy atom. The quantitative estimate of drug-likeness (QED) is 0.765. The van der Waals surface area contributed by atoms with Gasteiger partial charge in [-0.2, -0.15) is 0 Å². The second-order valence-corrected chi connectivity index (χ2v) is 3.32. The van der Waals surface area contributed by atoms with Crippen molar-refractivity contribution in [3.63, 3.8) is 0 Å². The van der Waals surface area contributed by atoms with Gasteiger partial charge in [0.1, 0.15) is 5.69 Å². The van der Waals surface area contributed by atoms with Crippen molar-refractivity contribution in [2.45, 2.75) is 0 Å². The standard InChI is InChI=1S/C12H12N2O2/c15-13(11-7-3-1-4-8-11)14(16)12-9-5-2-6-10-12/h1-10,13,16H. The van der Waals surface area contributed by atoms with Gasteiger partial charge in [-0.3, -0.25) is 0 Å². The smallest absolute Gasteiger partial charge is 0.157 e. The molecular formula is C12H12N2O2. The van der Waals surface area contributed by atoms with E-state index in [2.05, 4.69) is 0 Å². The number of quaternary nitrogens is 1. The molecule has 4 heteroatoms. The molecule has 0 aliphatic rings. The molecule has 2 N–H and O–H groups in total. The van der Waals surface area contributed by atoms with Gasteiger partial charge in [0.15, 0.2) is 5.69 Å². The summed E-state index contributed by atoms with van der Waals surface area (Å²) in [5, 5.41) is 21.8. The third-order valence-electron chi connectivity index (χ3n) is 2.21. The Kier molecular flexibility index (Phi) is 3.16. The third kappa shape index (κ3) is 2.20. The zero-order valence-electron chi connectivity index (χ0n) is 8.58. The second kappa shape index (κ2) is 4.76. The zero-order chi connectivity index (χ0) is 11.4. The van der Waals surface area contributed by atoms with Crippen LogP contribution in [0.2, 0.25) is 0 Å². The van der Waals surface area contributed by atoms with Crippen molar-refractivity contribution in [2.24, 2.45) is 0 Å². The van der Waals surface area contributed by atoms with Crippen LogP contribution in [0, 0.1) is 5.21 Å². The molecule has 0 aromatic heterocycles. The Bertz CT molecular complexity index is 390. The fourth-order valence-electron chi connectivity index (χ4n) is 1.39. The monoisotopic (exact) mass is 216 g/mol. The zero-order valence-corrected chi connectivity index (χ0v) is 8.58. The second-order valence-electron chi connectivity index (χ2n) is 3.32. The number of rotatable bonds is 3. The SMILES string of the molecule is [O-][NH+](c1ccccc1)N(O)c1ccccc1. The van der Waals surface area contributed by atoms with Gasteiger partial charge in [-0.1, -0.05) is 41.6 Å². The molecule has 1 unspecified atom stereocenters. The number of nitrogens with one attached hydrogen (secondary N) is 1. The van der Waals surface area contributed by atoms with E-state index in [0.29, 0.717) is 16.5 Å². The highest BCUT2D eigenvalue weighted by Crippen LogP contribution is 2.08. The fourth-order valence-corrected chi connectivity index (χ4v) is 1.39. The van der Waals surface area contributed by atoms with Gasteiger partial charge in [-0.05, 0) is 12.1 Å². The van der Waals surface area contributed by atoms with E-state index in [1.807, 2.05) is 12.1 Å². The molecule has 0 saturated carbocycles. The Hall–Kier alpha value is -1.88. The van der Waals surface area contributed by atoms with Crippen LogP contribution in [0.3, 0.4) is 0 Å². The van der Waals surface area contributed by atoms with Gasteiger partial charge in [-0.15, -0.1) is 0 Å². The van der Waals surface area contributed by atoms with Crippen LogP contribution in [0.15, 0.2) is 60.7 Å². The topological polar surface area (TPSA) is 51.0 Å². The van der Waals surface area contributed by atoms with Gasteiger partial charge in [0.2, 0.25) is 0 Å². The molecule has 2 rings (SSSR count). The number of nitrogens with zero attached hydrogens (tertiary/aromatic N) is 1. The lowest BCUT2D eigenvalue weighted by molar-refractivity contribution is -0.815. The van der Waals surface area contributed by atoms with E-state index >= 15 is 0 Å². The fraction of sp³-hybridized carbons (Fsp3) is 0. The van der Waals surface area contributed by atoms with Crippen molar-refractivity contribution in [2.75, 3.05) is 5.17 Å². The molecular weight excluding hydrogens is 204 g/mol. The summed E-state index contributed by atoms with van der Waals surface area (Å²) in [6.07, 6.45) is 0. The lowest BCUT2D eigenvalue weighted by Gasteiger charge is -2.28. The Morgan fingerprint density at radius 1 is 0.875 bits per heavy atom. The minimum atomic E-state index is -0.438. The lowest BCUT2D eigenvalue weighted by Crippen LogP contribution is -3.10. The van der Waals surface area contributed by atoms with Crippen molar-refractivity contribution in [3.8, 4) is 0 Å². The van der Waals surface area contributed by atoms with E-state index in [1.54, 1.807) is 48.5 Å². The molecule has 4 nitrogen and oxygen atoms in total. The van der Waals surface area contributed by atoms with Crippen LogP contribution in [-0.2, 0) is 0 Å². The van der Waals surface area contributed by atoms with Crippen molar-refractivity contribution in [3.05, 3.63) is 65.9 Å². The van der Waals surface area contributed by atoms with Gasteiger partial charge in [-0.25, -0.2) is 10.4 Å². The van der Waals surface area contributed by atoms with Crippen LogP contribution in [-0.4, -0.2) is 5.21 Å². The maximum absolute atomic E-state index is 11.8. The predicted octanol–water partition coefficient (Wildman–Crippen LogP) is 1.51. The predicted molar refractivity (Wildman–Crippen MR) is 61.1 cm³/mol. The number of hydrogen-bond donors (Lipinski definition) is 2. The van der Waals surface area contributed by atoms with E-state index in [0.717, 1.165) is 0 Å². The summed E-state index contributed by atoms with van der Waals surface area (Å²) < 4.78 is 0. The molecule has 0 aliphatic carbocycles. The van der Waals surface area contributed by atoms with Crippen LogP contribution < -0.4 is 10.3 Å². The first kappa shape index (κ1) is 10.6. The highest BCUT2D eigenvalue weighted by Gasteiger charge is 2.11. The molecule has 82 valence electrons. The third-order valence-corrected chi connectivity index (χ3v) is 2.21. The number of anilines is 1. The molecule has 0 heterocycles. The van der Waals surface area contributed by atoms with Gasteiger partial charge in [0.05, 0.1) is 0 Å². The molecule has 0 amide bonds. The van der Waals surface area contributed by atoms with E-state index in [-0.39, 0.29) is 0 Å². The first-order valence-corrected chi connectivity index (χ1v) is 4.92. The van der Waals surface area contributed by atoms with E-state index < -0.39 is 5.17 Å². The molecule has 0 fully saturated rings. The Balaban J connectivity index is 2.20. The maximum Gasteiger partial charge on any atom is 0.157 e. The van der Waals surface area contributed by atoms with Gasteiger partial charge >= 0.3 is 0 Å². The average Bonchev–Trinajstić information content (AvgIpc) is 2.39. The molecule has 2 aromatic rings. The van der Waals surface area contributed by atoms with E-state index in [4.69, 9.17) is 0 Å². The average molecular weight is 216 g/mol. The first-order valence-electron chi connectivity index (χ1n) is 4.92. The first-order chi connectivity index (χ1) is 7.79. The lowest BCUT2D eigenvalue weighted by atomic mass is 10.3. The number of para-hydroxylation sites is 1. The van der Waals surface area contributed by atoms with Crippen LogP contribution in [0.5, 0.6) is 0 Å². The molecule has 0 saturated heterocycles. The van der Waals surface area contributed by atoms with Gasteiger partial charge in [0, 0.05) is 12.1 Å². The van der Waals surface area contributed by atoms with Crippen LogP contribution in [0.25, 0.3) is 0 Å². The molecule has 0 spiro atoms. The molecule has 0 radical (unpaired) electrons. The molecule has 0 bridgehead atoms. The van der Waals surface area contributed by atoms with Crippen molar-refractivity contribution < 1.29 is 10.4 Å². The minimum absolute atomic E-state index is 0.438. The Labute approximate surface area is 93.5 Å². The number of hydrogen-bond acceptors (Lipinski definition) is 3. The normalized spacial score (nSPS) is 12.1. The summed E-state index contributed by atoms with van der Waals surface area (Å²) in [6.45, 7) is 0. The van der Waals surface area contributed by atoms with Gasteiger partial charge in [0.25, 0.3) is 0 Å². The summed E-state index contributed by atoms with van der Waals surface area (Å²) in [7, 11) is 0. The van der Waals surface area contributed by atoms with Gasteiger partial charge < -0.3 is 5.21 Å². The van der Waals surface area contributed by atoms with Crippen molar-refractivity contribution >= 4 is 11.4 Å². The van der Waals surface area contributed by atoms with Crippen LogP contribution in [0.4, 0.5) is 11.4 Å². The van der Waals surface area contributed by atoms with Crippen LogP contribution >= 0.6 is 0 Å². The molecule has 1 atom stereocenters. The summed E-state index contributed by atoms with van der Waals surface area (Å²) in [5.74, 6) is 0. The highest BCUT2D eigenvalue weighted by atomic mass is 16.7. The Morgan fingerprint density at radius 3 is 1.94 bits per heavy atom. The van der Waals surface area contributed by atoms with E-state index in [1.165, 1.54) is 0 Å². The van der Waals surface area contributed by atoms with E-state index in [9.17, 15) is 10.4 Å². The number of benzene rings is 2. The maximum atomic E-state index is 11.8. The minimum Gasteiger partial charge on any atom is -0.601 e. The summed E-state index contributed by atoms with van der Waals surface area (Å²) in [4.78, 5) is 0. The molecule has 16 heavy (non-hydrogen) atoms. The molecule has 2 aromatic carbocycles. The van der Waals surface area contributed by atoms with Crippen LogP contribution in [0.1, 0.15) is 0 Å². The summed E-state index contributed by atoms with van der Waals surface area (Å²) in [5.41, 5.74) is 0.908. The summed E-state index contributed by atoms with van der Waals surface area (Å²) in [6, 6.07) is 17.3. The van der Waals surface area contributed by atoms with Crippen molar-refractivity contribution in [1.29, 1.82) is 0 Å². The van der Waals surface area contributed by atoms with Crippen molar-refractivity contribution in [1.82, 2.24) is 0 Å². The summed E-state index contributed by atoms with van der Waals surface area (Å²) >= 11 is 0. The highest BCUT2D eigenvalue weighted by molar-refractivity contribution is 5.41. The largest absolute Gasteiger partial charge is 0.601 e. The molecule has 0 aliphatic heterocycles.